The van der Waals surface area contributed by atoms with E-state index in [0.717, 1.165) is 35.4 Å². The zero-order valence-electron chi connectivity index (χ0n) is 11.6. The lowest BCUT2D eigenvalue weighted by atomic mass is 10.0. The molecule has 2 N–H and O–H groups in total. The number of rotatable bonds is 4. The highest BCUT2D eigenvalue weighted by Gasteiger charge is 2.10. The number of para-hydroxylation sites is 1. The lowest BCUT2D eigenvalue weighted by molar-refractivity contribution is 1.08. The SMILES string of the molecule is CCc1cccc(CC)c1Nc1ncnc2[nH]ncc12. The number of aromatic nitrogens is 4. The number of aromatic amines is 1. The van der Waals surface area contributed by atoms with E-state index in [9.17, 15) is 0 Å². The molecule has 0 amide bonds. The molecular formula is C15H17N5. The molecule has 0 radical (unpaired) electrons. The van der Waals surface area contributed by atoms with Gasteiger partial charge < -0.3 is 5.32 Å². The van der Waals surface area contributed by atoms with Crippen molar-refractivity contribution >= 4 is 22.5 Å². The molecule has 0 spiro atoms. The molecule has 5 nitrogen and oxygen atoms in total. The minimum atomic E-state index is 0.745. The minimum absolute atomic E-state index is 0.745. The molecule has 0 unspecified atom stereocenters. The topological polar surface area (TPSA) is 66.5 Å². The molecular weight excluding hydrogens is 250 g/mol. The van der Waals surface area contributed by atoms with Gasteiger partial charge in [-0.1, -0.05) is 32.0 Å². The maximum atomic E-state index is 4.34. The third-order valence-corrected chi connectivity index (χ3v) is 3.49. The van der Waals surface area contributed by atoms with Crippen LogP contribution < -0.4 is 5.32 Å². The highest BCUT2D eigenvalue weighted by atomic mass is 15.2. The largest absolute Gasteiger partial charge is 0.339 e. The monoisotopic (exact) mass is 267 g/mol. The molecule has 2 aromatic heterocycles. The Kier molecular flexibility index (Phi) is 3.33. The number of hydrogen-bond donors (Lipinski definition) is 2. The van der Waals surface area contributed by atoms with E-state index >= 15 is 0 Å². The molecule has 0 saturated heterocycles. The number of nitrogens with zero attached hydrogens (tertiary/aromatic N) is 3. The second-order valence-electron chi connectivity index (χ2n) is 4.64. The summed E-state index contributed by atoms with van der Waals surface area (Å²) in [6, 6.07) is 6.40. The summed E-state index contributed by atoms with van der Waals surface area (Å²) < 4.78 is 0. The summed E-state index contributed by atoms with van der Waals surface area (Å²) in [4.78, 5) is 8.50. The normalized spacial score (nSPS) is 10.9. The Balaban J connectivity index is 2.09. The molecule has 0 atom stereocenters. The standard InChI is InChI=1S/C15H17N5/c1-3-10-6-5-7-11(4-2)13(10)19-14-12-8-18-20-15(12)17-9-16-14/h5-9H,3-4H2,1-2H3,(H2,16,17,18,19,20). The second kappa shape index (κ2) is 5.28. The molecule has 0 aliphatic heterocycles. The van der Waals surface area contributed by atoms with Crippen molar-refractivity contribution in [3.63, 3.8) is 0 Å². The molecule has 0 saturated carbocycles. The summed E-state index contributed by atoms with van der Waals surface area (Å²) in [5.74, 6) is 0.791. The van der Waals surface area contributed by atoms with E-state index in [2.05, 4.69) is 57.5 Å². The van der Waals surface area contributed by atoms with Crippen molar-refractivity contribution in [2.45, 2.75) is 26.7 Å². The van der Waals surface area contributed by atoms with E-state index in [1.165, 1.54) is 11.1 Å². The lowest BCUT2D eigenvalue weighted by Gasteiger charge is -2.15. The summed E-state index contributed by atoms with van der Waals surface area (Å²) in [5.41, 5.74) is 4.48. The molecule has 3 aromatic rings. The van der Waals surface area contributed by atoms with Crippen molar-refractivity contribution in [3.05, 3.63) is 41.9 Å². The van der Waals surface area contributed by atoms with Crippen LogP contribution >= 0.6 is 0 Å². The van der Waals surface area contributed by atoms with Crippen LogP contribution in [0.1, 0.15) is 25.0 Å². The number of nitrogens with one attached hydrogen (secondary N) is 2. The summed E-state index contributed by atoms with van der Waals surface area (Å²) in [5, 5.41) is 11.2. The number of hydrogen-bond acceptors (Lipinski definition) is 4. The molecule has 1 aromatic carbocycles. The molecule has 0 bridgehead atoms. The zero-order valence-corrected chi connectivity index (χ0v) is 11.6. The summed E-state index contributed by atoms with van der Waals surface area (Å²) in [6.07, 6.45) is 5.26. The summed E-state index contributed by atoms with van der Waals surface area (Å²) in [7, 11) is 0. The van der Waals surface area contributed by atoms with Crippen molar-refractivity contribution in [2.24, 2.45) is 0 Å². The number of benzene rings is 1. The van der Waals surface area contributed by atoms with Gasteiger partial charge in [-0.05, 0) is 24.0 Å². The molecule has 0 fully saturated rings. The number of aryl methyl sites for hydroxylation is 2. The lowest BCUT2D eigenvalue weighted by Crippen LogP contribution is -2.02. The Hall–Kier alpha value is -2.43. The first-order chi connectivity index (χ1) is 9.83. The highest BCUT2D eigenvalue weighted by Crippen LogP contribution is 2.28. The van der Waals surface area contributed by atoms with Gasteiger partial charge in [-0.15, -0.1) is 0 Å². The van der Waals surface area contributed by atoms with E-state index in [0.29, 0.717) is 0 Å². The predicted molar refractivity (Wildman–Crippen MR) is 80.2 cm³/mol. The van der Waals surface area contributed by atoms with Gasteiger partial charge in [0, 0.05) is 5.69 Å². The van der Waals surface area contributed by atoms with E-state index in [1.54, 1.807) is 12.5 Å². The van der Waals surface area contributed by atoms with E-state index in [1.807, 2.05) is 0 Å². The average Bonchev–Trinajstić information content (AvgIpc) is 2.97. The maximum Gasteiger partial charge on any atom is 0.160 e. The Morgan fingerprint density at radius 1 is 1.10 bits per heavy atom. The van der Waals surface area contributed by atoms with Crippen LogP contribution in [0.3, 0.4) is 0 Å². The van der Waals surface area contributed by atoms with Crippen molar-refractivity contribution in [1.82, 2.24) is 20.2 Å². The van der Waals surface area contributed by atoms with Gasteiger partial charge in [-0.25, -0.2) is 9.97 Å². The van der Waals surface area contributed by atoms with Crippen molar-refractivity contribution < 1.29 is 0 Å². The summed E-state index contributed by atoms with van der Waals surface area (Å²) in [6.45, 7) is 4.32. The highest BCUT2D eigenvalue weighted by molar-refractivity contribution is 5.88. The predicted octanol–water partition coefficient (Wildman–Crippen LogP) is 3.22. The van der Waals surface area contributed by atoms with E-state index in [4.69, 9.17) is 0 Å². The third-order valence-electron chi connectivity index (χ3n) is 3.49. The van der Waals surface area contributed by atoms with Gasteiger partial charge in [0.1, 0.15) is 12.1 Å². The fraction of sp³-hybridized carbons (Fsp3) is 0.267. The zero-order chi connectivity index (χ0) is 13.9. The summed E-state index contributed by atoms with van der Waals surface area (Å²) >= 11 is 0. The molecule has 102 valence electrons. The van der Waals surface area contributed by atoms with Crippen LogP contribution in [0.5, 0.6) is 0 Å². The van der Waals surface area contributed by atoms with Gasteiger partial charge in [0.15, 0.2) is 5.65 Å². The Bertz CT molecular complexity index is 710. The van der Waals surface area contributed by atoms with Gasteiger partial charge in [0.05, 0.1) is 11.6 Å². The van der Waals surface area contributed by atoms with Crippen LogP contribution in [0.15, 0.2) is 30.7 Å². The quantitative estimate of drug-likeness (QED) is 0.761. The second-order valence-corrected chi connectivity index (χ2v) is 4.64. The molecule has 5 heteroatoms. The first-order valence-electron chi connectivity index (χ1n) is 6.85. The molecule has 2 heterocycles. The van der Waals surface area contributed by atoms with Crippen LogP contribution in [0, 0.1) is 0 Å². The first kappa shape index (κ1) is 12.6. The minimum Gasteiger partial charge on any atom is -0.339 e. The van der Waals surface area contributed by atoms with Crippen molar-refractivity contribution in [2.75, 3.05) is 5.32 Å². The molecule has 20 heavy (non-hydrogen) atoms. The van der Waals surface area contributed by atoms with Crippen molar-refractivity contribution in [3.8, 4) is 0 Å². The molecule has 3 rings (SSSR count). The van der Waals surface area contributed by atoms with Gasteiger partial charge in [0.25, 0.3) is 0 Å². The third kappa shape index (κ3) is 2.11. The smallest absolute Gasteiger partial charge is 0.160 e. The number of anilines is 2. The van der Waals surface area contributed by atoms with E-state index < -0.39 is 0 Å². The van der Waals surface area contributed by atoms with E-state index in [-0.39, 0.29) is 0 Å². The van der Waals surface area contributed by atoms with Crippen LogP contribution in [0.25, 0.3) is 11.0 Å². The van der Waals surface area contributed by atoms with Gasteiger partial charge >= 0.3 is 0 Å². The average molecular weight is 267 g/mol. The van der Waals surface area contributed by atoms with Crippen LogP contribution in [-0.2, 0) is 12.8 Å². The maximum absolute atomic E-state index is 4.34. The van der Waals surface area contributed by atoms with Gasteiger partial charge in [-0.2, -0.15) is 5.10 Å². The van der Waals surface area contributed by atoms with Crippen molar-refractivity contribution in [1.29, 1.82) is 0 Å². The fourth-order valence-corrected chi connectivity index (χ4v) is 2.39. The van der Waals surface area contributed by atoms with Gasteiger partial charge in [-0.3, -0.25) is 5.10 Å². The molecule has 0 aliphatic carbocycles. The van der Waals surface area contributed by atoms with Crippen LogP contribution in [0.4, 0.5) is 11.5 Å². The fourth-order valence-electron chi connectivity index (χ4n) is 2.39. The Labute approximate surface area is 117 Å². The number of fused-ring (bicyclic) bond motifs is 1. The molecule has 0 aliphatic rings. The Morgan fingerprint density at radius 2 is 1.85 bits per heavy atom. The first-order valence-corrected chi connectivity index (χ1v) is 6.85. The Morgan fingerprint density at radius 3 is 2.55 bits per heavy atom. The van der Waals surface area contributed by atoms with Crippen LogP contribution in [-0.4, -0.2) is 20.2 Å². The van der Waals surface area contributed by atoms with Gasteiger partial charge in [0.2, 0.25) is 0 Å². The number of H-pyrrole nitrogens is 1. The van der Waals surface area contributed by atoms with Crippen LogP contribution in [0.2, 0.25) is 0 Å².